The number of sulfonamides is 1. The number of benzene rings is 3. The van der Waals surface area contributed by atoms with Crippen LogP contribution in [-0.4, -0.2) is 26.6 Å². The lowest BCUT2D eigenvalue weighted by Gasteiger charge is -2.29. The quantitative estimate of drug-likeness (QED) is 0.489. The van der Waals surface area contributed by atoms with Crippen molar-refractivity contribution in [3.05, 3.63) is 82.9 Å². The monoisotopic (exact) mass is 472 g/mol. The van der Waals surface area contributed by atoms with E-state index >= 15 is 0 Å². The first-order valence-electron chi connectivity index (χ1n) is 9.95. The minimum Gasteiger partial charge on any atom is -0.455 e. The van der Waals surface area contributed by atoms with Crippen LogP contribution in [0.15, 0.2) is 66.7 Å². The largest absolute Gasteiger partial charge is 0.455 e. The lowest BCUT2D eigenvalue weighted by atomic mass is 10.1. The average molecular weight is 473 g/mol. The fourth-order valence-corrected chi connectivity index (χ4v) is 4.76. The van der Waals surface area contributed by atoms with Crippen LogP contribution in [0.3, 0.4) is 0 Å². The van der Waals surface area contributed by atoms with Crippen LogP contribution in [0.1, 0.15) is 18.1 Å². The molecule has 0 aliphatic heterocycles. The van der Waals surface area contributed by atoms with Gasteiger partial charge < -0.3 is 10.1 Å². The summed E-state index contributed by atoms with van der Waals surface area (Å²) in [4.78, 5) is 13.1. The molecule has 0 fully saturated rings. The average Bonchev–Trinajstić information content (AvgIpc) is 2.69. The first-order valence-corrected chi connectivity index (χ1v) is 12.2. The highest BCUT2D eigenvalue weighted by Gasteiger charge is 2.30. The predicted molar refractivity (Wildman–Crippen MR) is 129 cm³/mol. The molecule has 1 amide bonds. The Morgan fingerprint density at radius 3 is 2.22 bits per heavy atom. The van der Waals surface area contributed by atoms with Crippen LogP contribution in [0, 0.1) is 13.8 Å². The number of carbonyl (C=O) groups excluding carboxylic acids is 1. The lowest BCUT2D eigenvalue weighted by Crippen LogP contribution is -2.45. The fourth-order valence-electron chi connectivity index (χ4n) is 3.43. The molecule has 6 nitrogen and oxygen atoms in total. The lowest BCUT2D eigenvalue weighted by molar-refractivity contribution is -0.116. The maximum absolute atomic E-state index is 13.1. The Kier molecular flexibility index (Phi) is 7.11. The highest BCUT2D eigenvalue weighted by atomic mass is 35.5. The van der Waals surface area contributed by atoms with Gasteiger partial charge in [0.15, 0.2) is 5.75 Å². The van der Waals surface area contributed by atoms with Gasteiger partial charge in [0.1, 0.15) is 11.8 Å². The molecule has 3 aromatic carbocycles. The van der Waals surface area contributed by atoms with Gasteiger partial charge in [-0.3, -0.25) is 9.10 Å². The molecule has 0 spiro atoms. The van der Waals surface area contributed by atoms with Crippen molar-refractivity contribution in [2.24, 2.45) is 0 Å². The van der Waals surface area contributed by atoms with E-state index in [0.29, 0.717) is 27.9 Å². The Morgan fingerprint density at radius 1 is 1.00 bits per heavy atom. The highest BCUT2D eigenvalue weighted by molar-refractivity contribution is 7.92. The molecule has 0 heterocycles. The van der Waals surface area contributed by atoms with Crippen molar-refractivity contribution in [1.82, 2.24) is 0 Å². The topological polar surface area (TPSA) is 75.7 Å². The molecule has 0 aliphatic rings. The second kappa shape index (κ2) is 9.63. The smallest absolute Gasteiger partial charge is 0.248 e. The SMILES string of the molecule is Cc1cc(C)cc(N([C@@H](C)C(=O)Nc2cc(Cl)ccc2Oc2ccccc2)S(C)(=O)=O)c1. The summed E-state index contributed by atoms with van der Waals surface area (Å²) in [5.41, 5.74) is 2.57. The fraction of sp³-hybridized carbons (Fsp3) is 0.208. The number of hydrogen-bond acceptors (Lipinski definition) is 4. The Balaban J connectivity index is 1.92. The zero-order valence-corrected chi connectivity index (χ0v) is 19.9. The van der Waals surface area contributed by atoms with E-state index in [1.54, 1.807) is 42.5 Å². The molecule has 168 valence electrons. The van der Waals surface area contributed by atoms with E-state index in [1.165, 1.54) is 6.92 Å². The van der Waals surface area contributed by atoms with Gasteiger partial charge in [-0.1, -0.05) is 35.9 Å². The molecule has 0 saturated carbocycles. The standard InChI is InChI=1S/C24H25ClN2O4S/c1-16-12-17(2)14-20(13-16)27(32(4,29)30)18(3)24(28)26-22-15-19(25)10-11-23(22)31-21-8-6-5-7-9-21/h5-15,18H,1-4H3,(H,26,28)/t18-/m0/s1. The molecule has 0 saturated heterocycles. The first kappa shape index (κ1) is 23.6. The van der Waals surface area contributed by atoms with Crippen molar-refractivity contribution in [1.29, 1.82) is 0 Å². The van der Waals surface area contributed by atoms with Gasteiger partial charge in [0.05, 0.1) is 17.6 Å². The molecular formula is C24H25ClN2O4S. The number of anilines is 2. The molecule has 0 bridgehead atoms. The number of amides is 1. The van der Waals surface area contributed by atoms with Crippen LogP contribution in [0.5, 0.6) is 11.5 Å². The van der Waals surface area contributed by atoms with E-state index in [9.17, 15) is 13.2 Å². The van der Waals surface area contributed by atoms with E-state index in [-0.39, 0.29) is 0 Å². The summed E-state index contributed by atoms with van der Waals surface area (Å²) in [6.07, 6.45) is 1.08. The second-order valence-corrected chi connectivity index (χ2v) is 9.92. The number of hydrogen-bond donors (Lipinski definition) is 1. The molecule has 3 rings (SSSR count). The van der Waals surface area contributed by atoms with E-state index < -0.39 is 22.0 Å². The number of nitrogens with one attached hydrogen (secondary N) is 1. The van der Waals surface area contributed by atoms with Crippen LogP contribution >= 0.6 is 11.6 Å². The summed E-state index contributed by atoms with van der Waals surface area (Å²) in [5.74, 6) is 0.458. The Morgan fingerprint density at radius 2 is 1.62 bits per heavy atom. The van der Waals surface area contributed by atoms with Gasteiger partial charge in [0.25, 0.3) is 0 Å². The van der Waals surface area contributed by atoms with Crippen molar-refractivity contribution >= 4 is 38.9 Å². The summed E-state index contributed by atoms with van der Waals surface area (Å²) in [5, 5.41) is 3.17. The van der Waals surface area contributed by atoms with Gasteiger partial charge in [-0.15, -0.1) is 0 Å². The number of aryl methyl sites for hydroxylation is 2. The number of nitrogens with zero attached hydrogens (tertiary/aromatic N) is 1. The molecule has 1 N–H and O–H groups in total. The van der Waals surface area contributed by atoms with Gasteiger partial charge in [0, 0.05) is 5.02 Å². The Bertz CT molecular complexity index is 1210. The minimum absolute atomic E-state index is 0.340. The van der Waals surface area contributed by atoms with Crippen LogP contribution in [0.2, 0.25) is 5.02 Å². The van der Waals surface area contributed by atoms with Gasteiger partial charge >= 0.3 is 0 Å². The van der Waals surface area contributed by atoms with Crippen molar-refractivity contribution in [2.45, 2.75) is 26.8 Å². The van der Waals surface area contributed by atoms with Crippen LogP contribution in [0.25, 0.3) is 0 Å². The van der Waals surface area contributed by atoms with Crippen LogP contribution in [-0.2, 0) is 14.8 Å². The third-order valence-corrected chi connectivity index (χ3v) is 6.20. The highest BCUT2D eigenvalue weighted by Crippen LogP contribution is 2.33. The van der Waals surface area contributed by atoms with Crippen molar-refractivity contribution < 1.29 is 17.9 Å². The molecule has 0 aliphatic carbocycles. The van der Waals surface area contributed by atoms with Crippen LogP contribution in [0.4, 0.5) is 11.4 Å². The predicted octanol–water partition coefficient (Wildman–Crippen LogP) is 5.54. The number of carbonyl (C=O) groups is 1. The second-order valence-electron chi connectivity index (χ2n) is 7.63. The molecule has 0 radical (unpaired) electrons. The molecular weight excluding hydrogens is 448 g/mol. The number of halogens is 1. The summed E-state index contributed by atoms with van der Waals surface area (Å²) in [6, 6.07) is 18.4. The number of para-hydroxylation sites is 1. The van der Waals surface area contributed by atoms with Gasteiger partial charge in [-0.05, 0) is 74.4 Å². The Labute approximate surface area is 193 Å². The van der Waals surface area contributed by atoms with E-state index in [2.05, 4.69) is 5.32 Å². The van der Waals surface area contributed by atoms with E-state index in [4.69, 9.17) is 16.3 Å². The zero-order valence-electron chi connectivity index (χ0n) is 18.3. The third-order valence-electron chi connectivity index (χ3n) is 4.72. The number of ether oxygens (including phenoxy) is 1. The summed E-state index contributed by atoms with van der Waals surface area (Å²) >= 11 is 6.14. The van der Waals surface area contributed by atoms with Gasteiger partial charge in [0.2, 0.25) is 15.9 Å². The summed E-state index contributed by atoms with van der Waals surface area (Å²) in [7, 11) is -3.74. The molecule has 1 atom stereocenters. The van der Waals surface area contributed by atoms with Crippen molar-refractivity contribution in [3.63, 3.8) is 0 Å². The molecule has 0 unspecified atom stereocenters. The summed E-state index contributed by atoms with van der Waals surface area (Å²) in [6.45, 7) is 5.29. The normalized spacial score (nSPS) is 12.2. The first-order chi connectivity index (χ1) is 15.0. The van der Waals surface area contributed by atoms with Crippen molar-refractivity contribution in [2.75, 3.05) is 15.9 Å². The third kappa shape index (κ3) is 5.81. The van der Waals surface area contributed by atoms with Crippen LogP contribution < -0.4 is 14.4 Å². The molecule has 8 heteroatoms. The molecule has 3 aromatic rings. The maximum atomic E-state index is 13.1. The van der Waals surface area contributed by atoms with Gasteiger partial charge in [-0.2, -0.15) is 0 Å². The molecule has 32 heavy (non-hydrogen) atoms. The number of rotatable bonds is 7. The van der Waals surface area contributed by atoms with Crippen molar-refractivity contribution in [3.8, 4) is 11.5 Å². The minimum atomic E-state index is -3.74. The Hall–Kier alpha value is -3.03. The van der Waals surface area contributed by atoms with E-state index in [1.807, 2.05) is 38.1 Å². The zero-order chi connectivity index (χ0) is 23.5. The maximum Gasteiger partial charge on any atom is 0.248 e. The summed E-state index contributed by atoms with van der Waals surface area (Å²) < 4.78 is 32.2. The van der Waals surface area contributed by atoms with E-state index in [0.717, 1.165) is 21.7 Å². The van der Waals surface area contributed by atoms with Gasteiger partial charge in [-0.25, -0.2) is 8.42 Å². The molecule has 0 aromatic heterocycles.